The molecule has 29 heavy (non-hydrogen) atoms. The van der Waals surface area contributed by atoms with Crippen LogP contribution in [0.25, 0.3) is 0 Å². The molecular formula is C25H46N2O2. The second kappa shape index (κ2) is 12.2. The largest absolute Gasteiger partial charge is 0.392 e. The van der Waals surface area contributed by atoms with E-state index in [1.807, 2.05) is 6.08 Å². The van der Waals surface area contributed by atoms with Crippen molar-refractivity contribution in [1.29, 1.82) is 0 Å². The Morgan fingerprint density at radius 2 is 1.97 bits per heavy atom. The summed E-state index contributed by atoms with van der Waals surface area (Å²) in [5, 5.41) is 21.0. The van der Waals surface area contributed by atoms with E-state index in [2.05, 4.69) is 56.9 Å². The van der Waals surface area contributed by atoms with Crippen molar-refractivity contribution in [1.82, 2.24) is 9.80 Å². The Balaban J connectivity index is 1.80. The monoisotopic (exact) mass is 406 g/mol. The number of rotatable bonds is 13. The van der Waals surface area contributed by atoms with Crippen LogP contribution in [0.5, 0.6) is 0 Å². The second-order valence-electron chi connectivity index (χ2n) is 10.1. The molecule has 4 nitrogen and oxygen atoms in total. The van der Waals surface area contributed by atoms with Crippen LogP contribution in [0.1, 0.15) is 58.8 Å². The molecule has 2 aliphatic rings. The number of aliphatic hydroxyl groups is 2. The number of hydrogen-bond donors (Lipinski definition) is 2. The highest BCUT2D eigenvalue weighted by atomic mass is 16.3. The van der Waals surface area contributed by atoms with Crippen molar-refractivity contribution in [3.05, 3.63) is 23.8 Å². The van der Waals surface area contributed by atoms with Crippen molar-refractivity contribution in [2.45, 2.75) is 71.0 Å². The van der Waals surface area contributed by atoms with Crippen LogP contribution in [-0.2, 0) is 0 Å². The number of likely N-dealkylation sites (N-methyl/N-ethyl adjacent to an activating group) is 1. The first-order valence-corrected chi connectivity index (χ1v) is 11.9. The maximum Gasteiger partial charge on any atom is 0.0723 e. The van der Waals surface area contributed by atoms with Gasteiger partial charge in [-0.1, -0.05) is 56.9 Å². The number of allylic oxidation sites excluding steroid dienone is 1. The van der Waals surface area contributed by atoms with Gasteiger partial charge in [-0.25, -0.2) is 0 Å². The molecule has 0 heterocycles. The summed E-state index contributed by atoms with van der Waals surface area (Å²) in [7, 11) is 6.47. The summed E-state index contributed by atoms with van der Waals surface area (Å²) in [5.41, 5.74) is 1.53. The van der Waals surface area contributed by atoms with E-state index in [0.717, 1.165) is 38.9 Å². The Bertz CT molecular complexity index is 531. The molecule has 0 aromatic rings. The summed E-state index contributed by atoms with van der Waals surface area (Å²) in [6, 6.07) is 0. The molecule has 4 heteroatoms. The predicted octanol–water partition coefficient (Wildman–Crippen LogP) is 3.95. The molecule has 0 spiro atoms. The smallest absolute Gasteiger partial charge is 0.0723 e. The van der Waals surface area contributed by atoms with E-state index >= 15 is 0 Å². The van der Waals surface area contributed by atoms with Crippen LogP contribution in [0.15, 0.2) is 23.8 Å². The highest BCUT2D eigenvalue weighted by Crippen LogP contribution is 2.47. The number of unbranched alkanes of at least 4 members (excludes halogenated alkanes) is 1. The molecule has 168 valence electrons. The molecule has 1 fully saturated rings. The predicted molar refractivity (Wildman–Crippen MR) is 123 cm³/mol. The zero-order valence-corrected chi connectivity index (χ0v) is 19.6. The molecule has 2 rings (SSSR count). The average molecular weight is 407 g/mol. The SMILES string of the molecule is CCCC[C@H](C)C[C@H](O)/C=C/[C@@H]1[C@H]2CC(CN(C)CCCN(C)C)=C[C@H]2C[C@H]1O. The summed E-state index contributed by atoms with van der Waals surface area (Å²) in [6.07, 6.45) is 13.5. The lowest BCUT2D eigenvalue weighted by Crippen LogP contribution is -2.26. The number of fused-ring (bicyclic) bond motifs is 1. The van der Waals surface area contributed by atoms with Gasteiger partial charge >= 0.3 is 0 Å². The zero-order valence-electron chi connectivity index (χ0n) is 19.6. The lowest BCUT2D eigenvalue weighted by Gasteiger charge is -2.22. The molecule has 0 bridgehead atoms. The van der Waals surface area contributed by atoms with Crippen molar-refractivity contribution < 1.29 is 10.2 Å². The molecule has 2 aliphatic carbocycles. The minimum atomic E-state index is -0.384. The summed E-state index contributed by atoms with van der Waals surface area (Å²) in [5.74, 6) is 1.76. The van der Waals surface area contributed by atoms with Crippen LogP contribution < -0.4 is 0 Å². The third-order valence-corrected chi connectivity index (χ3v) is 6.82. The fourth-order valence-corrected chi connectivity index (χ4v) is 5.22. The lowest BCUT2D eigenvalue weighted by atomic mass is 9.88. The molecule has 0 radical (unpaired) electrons. The van der Waals surface area contributed by atoms with Crippen molar-refractivity contribution in [2.24, 2.45) is 23.7 Å². The highest BCUT2D eigenvalue weighted by molar-refractivity contribution is 5.22. The lowest BCUT2D eigenvalue weighted by molar-refractivity contribution is 0.139. The molecule has 0 saturated heterocycles. The average Bonchev–Trinajstić information content (AvgIpc) is 3.13. The third-order valence-electron chi connectivity index (χ3n) is 6.82. The fraction of sp³-hybridized carbons (Fsp3) is 0.840. The Morgan fingerprint density at radius 3 is 2.66 bits per heavy atom. The summed E-state index contributed by atoms with van der Waals surface area (Å²) >= 11 is 0. The summed E-state index contributed by atoms with van der Waals surface area (Å²) in [6.45, 7) is 7.75. The normalized spacial score (nSPS) is 29.1. The Morgan fingerprint density at radius 1 is 1.21 bits per heavy atom. The molecule has 6 atom stereocenters. The first-order valence-electron chi connectivity index (χ1n) is 11.9. The van der Waals surface area contributed by atoms with Crippen molar-refractivity contribution >= 4 is 0 Å². The van der Waals surface area contributed by atoms with Gasteiger partial charge in [-0.2, -0.15) is 0 Å². The Labute approximate surface area is 179 Å². The van der Waals surface area contributed by atoms with Gasteiger partial charge in [0.25, 0.3) is 0 Å². The highest BCUT2D eigenvalue weighted by Gasteiger charge is 2.43. The molecule has 2 N–H and O–H groups in total. The molecule has 0 amide bonds. The van der Waals surface area contributed by atoms with Crippen LogP contribution in [0.3, 0.4) is 0 Å². The zero-order chi connectivity index (χ0) is 21.4. The first-order chi connectivity index (χ1) is 13.8. The van der Waals surface area contributed by atoms with E-state index in [4.69, 9.17) is 0 Å². The minimum absolute atomic E-state index is 0.188. The van der Waals surface area contributed by atoms with E-state index in [1.165, 1.54) is 31.3 Å². The van der Waals surface area contributed by atoms with Crippen molar-refractivity contribution in [3.63, 3.8) is 0 Å². The Kier molecular flexibility index (Phi) is 10.4. The molecule has 0 aromatic heterocycles. The quantitative estimate of drug-likeness (QED) is 0.455. The van der Waals surface area contributed by atoms with E-state index < -0.39 is 0 Å². The van der Waals surface area contributed by atoms with Gasteiger partial charge in [-0.15, -0.1) is 0 Å². The van der Waals surface area contributed by atoms with Gasteiger partial charge in [-0.3, -0.25) is 0 Å². The maximum atomic E-state index is 10.6. The fourth-order valence-electron chi connectivity index (χ4n) is 5.22. The van der Waals surface area contributed by atoms with Crippen LogP contribution in [-0.4, -0.2) is 73.0 Å². The van der Waals surface area contributed by atoms with Gasteiger partial charge in [0, 0.05) is 12.5 Å². The molecule has 0 aromatic carbocycles. The Hall–Kier alpha value is -0.680. The first kappa shape index (κ1) is 24.6. The van der Waals surface area contributed by atoms with Gasteiger partial charge in [0.05, 0.1) is 12.2 Å². The topological polar surface area (TPSA) is 46.9 Å². The summed E-state index contributed by atoms with van der Waals surface area (Å²) < 4.78 is 0. The van der Waals surface area contributed by atoms with E-state index in [9.17, 15) is 10.2 Å². The van der Waals surface area contributed by atoms with Gasteiger partial charge in [0.15, 0.2) is 0 Å². The van der Waals surface area contributed by atoms with Gasteiger partial charge in [0.1, 0.15) is 0 Å². The third kappa shape index (κ3) is 8.16. The maximum absolute atomic E-state index is 10.6. The molecule has 0 aliphatic heterocycles. The van der Waals surface area contributed by atoms with E-state index in [1.54, 1.807) is 0 Å². The minimum Gasteiger partial charge on any atom is -0.392 e. The van der Waals surface area contributed by atoms with Crippen molar-refractivity contribution in [3.8, 4) is 0 Å². The van der Waals surface area contributed by atoms with E-state index in [0.29, 0.717) is 17.8 Å². The molecular weight excluding hydrogens is 360 g/mol. The molecule has 0 unspecified atom stereocenters. The van der Waals surface area contributed by atoms with Crippen LogP contribution in [0.2, 0.25) is 0 Å². The van der Waals surface area contributed by atoms with Crippen LogP contribution in [0.4, 0.5) is 0 Å². The number of aliphatic hydroxyl groups excluding tert-OH is 2. The van der Waals surface area contributed by atoms with Gasteiger partial charge < -0.3 is 20.0 Å². The second-order valence-corrected chi connectivity index (χ2v) is 10.1. The number of nitrogens with zero attached hydrogens (tertiary/aromatic N) is 2. The van der Waals surface area contributed by atoms with Gasteiger partial charge in [0.2, 0.25) is 0 Å². The van der Waals surface area contributed by atoms with Crippen LogP contribution in [0, 0.1) is 23.7 Å². The van der Waals surface area contributed by atoms with Crippen LogP contribution >= 0.6 is 0 Å². The van der Waals surface area contributed by atoms with Crippen molar-refractivity contribution in [2.75, 3.05) is 40.8 Å². The van der Waals surface area contributed by atoms with E-state index in [-0.39, 0.29) is 18.1 Å². The standard InChI is InChI=1S/C25H46N2O2/c1-6-7-9-19(2)14-22(28)10-11-23-24-16-20(15-21(24)17-25(23)29)18-27(5)13-8-12-26(3)4/h10-11,15,19,21-25,28-29H,6-9,12-14,16-18H2,1-5H3/b11-10+/t19-,21-,22+,23+,24-,25+/m0/s1. The molecule has 1 saturated carbocycles. The summed E-state index contributed by atoms with van der Waals surface area (Å²) in [4.78, 5) is 4.67. The van der Waals surface area contributed by atoms with Gasteiger partial charge in [-0.05, 0) is 77.7 Å². The number of hydrogen-bond acceptors (Lipinski definition) is 4.